The van der Waals surface area contributed by atoms with Crippen LogP contribution in [0.1, 0.15) is 10.8 Å². The number of nitro benzene ring substituents is 1. The molecule has 0 spiro atoms. The van der Waals surface area contributed by atoms with Gasteiger partial charge in [0.1, 0.15) is 22.4 Å². The Morgan fingerprint density at radius 2 is 1.94 bits per heavy atom. The highest BCUT2D eigenvalue weighted by Crippen LogP contribution is 2.33. The van der Waals surface area contributed by atoms with Crippen molar-refractivity contribution in [3.05, 3.63) is 91.4 Å². The highest BCUT2D eigenvalue weighted by molar-refractivity contribution is 9.10. The average Bonchev–Trinajstić information content (AvgIpc) is 3.45. The SMILES string of the molecule is N#C/C(=C(/O)c1ccc(-c2cccc([N+](=O)[O-])c2)o1)c1nc(-c2ccc(Br)cc2)cs1. The molecule has 0 unspecified atom stereocenters. The van der Waals surface area contributed by atoms with Crippen molar-refractivity contribution in [2.24, 2.45) is 0 Å². The van der Waals surface area contributed by atoms with Gasteiger partial charge in [-0.2, -0.15) is 5.26 Å². The lowest BCUT2D eigenvalue weighted by atomic mass is 10.1. The average molecular weight is 494 g/mol. The van der Waals surface area contributed by atoms with Gasteiger partial charge in [0.15, 0.2) is 11.5 Å². The summed E-state index contributed by atoms with van der Waals surface area (Å²) in [5.41, 5.74) is 1.96. The Kier molecular flexibility index (Phi) is 5.66. The molecule has 7 nitrogen and oxygen atoms in total. The third-order valence-electron chi connectivity index (χ3n) is 4.39. The molecule has 2 aromatic heterocycles. The predicted molar refractivity (Wildman–Crippen MR) is 121 cm³/mol. The van der Waals surface area contributed by atoms with Gasteiger partial charge in [-0.15, -0.1) is 11.3 Å². The Balaban J connectivity index is 1.67. The molecule has 9 heteroatoms. The van der Waals surface area contributed by atoms with Gasteiger partial charge in [-0.25, -0.2) is 4.98 Å². The summed E-state index contributed by atoms with van der Waals surface area (Å²) < 4.78 is 6.61. The molecule has 0 atom stereocenters. The van der Waals surface area contributed by atoms with E-state index in [2.05, 4.69) is 20.9 Å². The Morgan fingerprint density at radius 3 is 2.65 bits per heavy atom. The highest BCUT2D eigenvalue weighted by Gasteiger charge is 2.19. The largest absolute Gasteiger partial charge is 0.503 e. The van der Waals surface area contributed by atoms with E-state index < -0.39 is 4.92 Å². The first-order valence-electron chi connectivity index (χ1n) is 8.86. The van der Waals surface area contributed by atoms with Gasteiger partial charge < -0.3 is 9.52 Å². The zero-order valence-electron chi connectivity index (χ0n) is 15.7. The molecule has 0 aliphatic rings. The van der Waals surface area contributed by atoms with Crippen LogP contribution < -0.4 is 0 Å². The minimum atomic E-state index is -0.496. The van der Waals surface area contributed by atoms with E-state index in [0.717, 1.165) is 10.0 Å². The molecule has 2 aromatic carbocycles. The van der Waals surface area contributed by atoms with Crippen molar-refractivity contribution in [3.63, 3.8) is 0 Å². The number of furan rings is 1. The van der Waals surface area contributed by atoms with Crippen LogP contribution in [0, 0.1) is 21.4 Å². The zero-order valence-corrected chi connectivity index (χ0v) is 18.1. The molecular formula is C22H12BrN3O4S. The van der Waals surface area contributed by atoms with Crippen molar-refractivity contribution < 1.29 is 14.4 Å². The van der Waals surface area contributed by atoms with E-state index in [4.69, 9.17) is 4.42 Å². The van der Waals surface area contributed by atoms with Gasteiger partial charge in [-0.3, -0.25) is 10.1 Å². The molecule has 2 heterocycles. The summed E-state index contributed by atoms with van der Waals surface area (Å²) in [7, 11) is 0. The van der Waals surface area contributed by atoms with Gasteiger partial charge >= 0.3 is 0 Å². The molecule has 0 radical (unpaired) electrons. The van der Waals surface area contributed by atoms with Crippen LogP contribution in [0.5, 0.6) is 0 Å². The second-order valence-corrected chi connectivity index (χ2v) is 8.13. The molecule has 0 aliphatic heterocycles. The Bertz CT molecular complexity index is 1350. The number of nitro groups is 1. The number of nitrogens with zero attached hydrogens (tertiary/aromatic N) is 3. The third-order valence-corrected chi connectivity index (χ3v) is 5.78. The number of aliphatic hydroxyl groups is 1. The fraction of sp³-hybridized carbons (Fsp3) is 0. The van der Waals surface area contributed by atoms with Crippen LogP contribution in [0.4, 0.5) is 5.69 Å². The number of benzene rings is 2. The molecule has 0 amide bonds. The number of thiazole rings is 1. The quantitative estimate of drug-likeness (QED) is 0.143. The minimum absolute atomic E-state index is 0.0201. The number of halogens is 1. The number of rotatable bonds is 5. The molecule has 0 saturated heterocycles. The van der Waals surface area contributed by atoms with E-state index in [-0.39, 0.29) is 22.8 Å². The van der Waals surface area contributed by atoms with Crippen molar-refractivity contribution in [1.82, 2.24) is 4.98 Å². The number of aromatic nitrogens is 1. The summed E-state index contributed by atoms with van der Waals surface area (Å²) >= 11 is 4.62. The number of non-ortho nitro benzene ring substituents is 1. The monoisotopic (exact) mass is 493 g/mol. The summed E-state index contributed by atoms with van der Waals surface area (Å²) in [6.07, 6.45) is 0. The van der Waals surface area contributed by atoms with E-state index in [1.165, 1.54) is 29.5 Å². The van der Waals surface area contributed by atoms with Crippen LogP contribution in [0.15, 0.2) is 74.9 Å². The zero-order chi connectivity index (χ0) is 22.0. The summed E-state index contributed by atoms with van der Waals surface area (Å²) in [6.45, 7) is 0. The van der Waals surface area contributed by atoms with Crippen molar-refractivity contribution >= 4 is 44.3 Å². The number of hydrogen-bond acceptors (Lipinski definition) is 7. The Morgan fingerprint density at radius 1 is 1.16 bits per heavy atom. The fourth-order valence-electron chi connectivity index (χ4n) is 2.86. The first-order valence-corrected chi connectivity index (χ1v) is 10.5. The highest BCUT2D eigenvalue weighted by atomic mass is 79.9. The van der Waals surface area contributed by atoms with Crippen molar-refractivity contribution in [3.8, 4) is 28.7 Å². The topological polar surface area (TPSA) is 113 Å². The van der Waals surface area contributed by atoms with Crippen molar-refractivity contribution in [1.29, 1.82) is 5.26 Å². The van der Waals surface area contributed by atoms with Gasteiger partial charge in [0, 0.05) is 33.1 Å². The normalized spacial score (nSPS) is 11.6. The van der Waals surface area contributed by atoms with E-state index in [1.807, 2.05) is 30.3 Å². The molecule has 1 N–H and O–H groups in total. The van der Waals surface area contributed by atoms with E-state index >= 15 is 0 Å². The summed E-state index contributed by atoms with van der Waals surface area (Å²) in [6, 6.07) is 18.6. The van der Waals surface area contributed by atoms with Crippen LogP contribution >= 0.6 is 27.3 Å². The number of nitriles is 1. The van der Waals surface area contributed by atoms with Gasteiger partial charge in [0.2, 0.25) is 0 Å². The molecule has 0 bridgehead atoms. The molecule has 4 rings (SSSR count). The number of hydrogen-bond donors (Lipinski definition) is 1. The Hall–Kier alpha value is -3.74. The molecule has 0 saturated carbocycles. The van der Waals surface area contributed by atoms with Crippen molar-refractivity contribution in [2.45, 2.75) is 0 Å². The van der Waals surface area contributed by atoms with Gasteiger partial charge in [0.25, 0.3) is 5.69 Å². The molecule has 0 fully saturated rings. The second-order valence-electron chi connectivity index (χ2n) is 6.35. The third kappa shape index (κ3) is 4.26. The number of allylic oxidation sites excluding steroid dienone is 1. The van der Waals surface area contributed by atoms with Gasteiger partial charge in [-0.05, 0) is 24.3 Å². The van der Waals surface area contributed by atoms with Crippen molar-refractivity contribution in [2.75, 3.05) is 0 Å². The lowest BCUT2D eigenvalue weighted by Gasteiger charge is -2.00. The molecule has 31 heavy (non-hydrogen) atoms. The smallest absolute Gasteiger partial charge is 0.270 e. The first-order chi connectivity index (χ1) is 15.0. The number of aliphatic hydroxyl groups excluding tert-OH is 1. The van der Waals surface area contributed by atoms with E-state index in [0.29, 0.717) is 22.0 Å². The van der Waals surface area contributed by atoms with E-state index in [9.17, 15) is 20.5 Å². The maximum absolute atomic E-state index is 11.0. The predicted octanol–water partition coefficient (Wildman–Crippen LogP) is 6.69. The second kappa shape index (κ2) is 8.55. The minimum Gasteiger partial charge on any atom is -0.503 e. The molecular weight excluding hydrogens is 482 g/mol. The molecule has 152 valence electrons. The first kappa shape index (κ1) is 20.5. The van der Waals surface area contributed by atoms with Gasteiger partial charge in [-0.1, -0.05) is 40.2 Å². The van der Waals surface area contributed by atoms with Crippen LogP contribution in [-0.4, -0.2) is 15.0 Å². The van der Waals surface area contributed by atoms with Gasteiger partial charge in [0.05, 0.1) is 10.6 Å². The summed E-state index contributed by atoms with van der Waals surface area (Å²) in [5.74, 6) is 0.0477. The summed E-state index contributed by atoms with van der Waals surface area (Å²) in [5, 5.41) is 33.4. The summed E-state index contributed by atoms with van der Waals surface area (Å²) in [4.78, 5) is 15.0. The fourth-order valence-corrected chi connectivity index (χ4v) is 3.95. The maximum Gasteiger partial charge on any atom is 0.270 e. The lowest BCUT2D eigenvalue weighted by molar-refractivity contribution is -0.384. The maximum atomic E-state index is 11.0. The van der Waals surface area contributed by atoms with Crippen LogP contribution in [-0.2, 0) is 0 Å². The molecule has 4 aromatic rings. The van der Waals surface area contributed by atoms with Crippen LogP contribution in [0.2, 0.25) is 0 Å². The Labute approximate surface area is 188 Å². The van der Waals surface area contributed by atoms with E-state index in [1.54, 1.807) is 23.6 Å². The molecule has 0 aliphatic carbocycles. The standard InChI is InChI=1S/C22H12BrN3O4S/c23-15-6-4-13(5-7-15)18-12-31-22(25-18)17(11-24)21(27)20-9-8-19(30-20)14-2-1-3-16(10-14)26(28)29/h1-10,12,27H/b21-17-. The van der Waals surface area contributed by atoms with Crippen LogP contribution in [0.25, 0.3) is 33.9 Å². The van der Waals surface area contributed by atoms with Crippen LogP contribution in [0.3, 0.4) is 0 Å². The lowest BCUT2D eigenvalue weighted by Crippen LogP contribution is -1.89.